The van der Waals surface area contributed by atoms with Crippen LogP contribution in [0, 0.1) is 5.92 Å². The van der Waals surface area contributed by atoms with Crippen molar-refractivity contribution in [2.75, 3.05) is 0 Å². The normalized spacial score (nSPS) is 14.3. The molecule has 4 N–H and O–H groups in total. The van der Waals surface area contributed by atoms with E-state index in [1.165, 1.54) is 6.92 Å². The third kappa shape index (κ3) is 5.39. The number of benzene rings is 2. The molecule has 26 heavy (non-hydrogen) atoms. The number of hydrogen-bond donors (Lipinski definition) is 3. The molecule has 0 aromatic heterocycles. The summed E-state index contributed by atoms with van der Waals surface area (Å²) >= 11 is 5.97. The minimum absolute atomic E-state index is 0.000813. The summed E-state index contributed by atoms with van der Waals surface area (Å²) < 4.78 is 0. The highest BCUT2D eigenvalue weighted by Gasteiger charge is 2.23. The first-order chi connectivity index (χ1) is 12.3. The summed E-state index contributed by atoms with van der Waals surface area (Å²) in [5.41, 5.74) is 8.32. The van der Waals surface area contributed by atoms with Gasteiger partial charge in [-0.15, -0.1) is 0 Å². The zero-order valence-corrected chi connectivity index (χ0v) is 15.5. The first kappa shape index (κ1) is 20.1. The lowest BCUT2D eigenvalue weighted by Gasteiger charge is -2.25. The molecule has 0 aliphatic heterocycles. The topological polar surface area (TPSA) is 92.4 Å². The number of aliphatic hydroxyl groups is 1. The predicted molar refractivity (Wildman–Crippen MR) is 102 cm³/mol. The van der Waals surface area contributed by atoms with E-state index >= 15 is 0 Å². The van der Waals surface area contributed by atoms with Crippen LogP contribution >= 0.6 is 11.6 Å². The number of imide groups is 1. The van der Waals surface area contributed by atoms with Gasteiger partial charge in [-0.05, 0) is 47.7 Å². The quantitative estimate of drug-likeness (QED) is 0.724. The van der Waals surface area contributed by atoms with Crippen molar-refractivity contribution in [2.45, 2.75) is 32.4 Å². The SMILES string of the molecule is CC(=O)NC(=O)c1ccc(CC(C)[C@@H](N)[C@H](O)c2cccc(Cl)c2)cc1. The Balaban J connectivity index is 2.01. The van der Waals surface area contributed by atoms with Gasteiger partial charge in [0.15, 0.2) is 0 Å². The monoisotopic (exact) mass is 374 g/mol. The van der Waals surface area contributed by atoms with E-state index in [0.29, 0.717) is 22.6 Å². The van der Waals surface area contributed by atoms with E-state index in [2.05, 4.69) is 5.32 Å². The summed E-state index contributed by atoms with van der Waals surface area (Å²) in [6, 6.07) is 13.5. The molecule has 0 saturated heterocycles. The maximum absolute atomic E-state index is 11.8. The number of aliphatic hydroxyl groups excluding tert-OH is 1. The number of halogens is 1. The van der Waals surface area contributed by atoms with Crippen LogP contribution in [0.1, 0.15) is 41.4 Å². The molecule has 6 heteroatoms. The second kappa shape index (κ2) is 8.94. The summed E-state index contributed by atoms with van der Waals surface area (Å²) in [5.74, 6) is -0.820. The van der Waals surface area contributed by atoms with Crippen LogP contribution in [-0.2, 0) is 11.2 Å². The minimum Gasteiger partial charge on any atom is -0.387 e. The summed E-state index contributed by atoms with van der Waals surface area (Å²) in [4.78, 5) is 22.7. The van der Waals surface area contributed by atoms with Crippen LogP contribution in [0.5, 0.6) is 0 Å². The zero-order chi connectivity index (χ0) is 19.3. The third-order valence-corrected chi connectivity index (χ3v) is 4.51. The highest BCUT2D eigenvalue weighted by molar-refractivity contribution is 6.30. The van der Waals surface area contributed by atoms with Crippen molar-refractivity contribution in [3.63, 3.8) is 0 Å². The summed E-state index contributed by atoms with van der Waals surface area (Å²) in [6.45, 7) is 3.26. The Labute approximate surface area is 158 Å². The summed E-state index contributed by atoms with van der Waals surface area (Å²) in [5, 5.41) is 13.3. The first-order valence-electron chi connectivity index (χ1n) is 8.38. The van der Waals surface area contributed by atoms with Crippen molar-refractivity contribution in [3.8, 4) is 0 Å². The molecule has 0 spiro atoms. The lowest BCUT2D eigenvalue weighted by Crippen LogP contribution is -2.36. The van der Waals surface area contributed by atoms with Crippen LogP contribution in [0.4, 0.5) is 0 Å². The van der Waals surface area contributed by atoms with E-state index in [0.717, 1.165) is 5.56 Å². The molecule has 2 aromatic carbocycles. The van der Waals surface area contributed by atoms with Gasteiger partial charge in [-0.3, -0.25) is 14.9 Å². The van der Waals surface area contributed by atoms with Gasteiger partial charge in [0.1, 0.15) is 0 Å². The number of hydrogen-bond acceptors (Lipinski definition) is 4. The van der Waals surface area contributed by atoms with E-state index < -0.39 is 24.0 Å². The fraction of sp³-hybridized carbons (Fsp3) is 0.300. The fourth-order valence-electron chi connectivity index (χ4n) is 2.76. The average molecular weight is 375 g/mol. The third-order valence-electron chi connectivity index (χ3n) is 4.28. The number of nitrogens with two attached hydrogens (primary N) is 1. The lowest BCUT2D eigenvalue weighted by atomic mass is 9.88. The Morgan fingerprint density at radius 2 is 1.85 bits per heavy atom. The van der Waals surface area contributed by atoms with Crippen molar-refractivity contribution < 1.29 is 14.7 Å². The molecule has 138 valence electrons. The van der Waals surface area contributed by atoms with Crippen molar-refractivity contribution in [3.05, 3.63) is 70.2 Å². The Morgan fingerprint density at radius 1 is 1.19 bits per heavy atom. The molecule has 0 saturated carbocycles. The van der Waals surface area contributed by atoms with Gasteiger partial charge in [-0.2, -0.15) is 0 Å². The summed E-state index contributed by atoms with van der Waals surface area (Å²) in [7, 11) is 0. The second-order valence-electron chi connectivity index (χ2n) is 6.47. The van der Waals surface area contributed by atoms with Crippen molar-refractivity contribution in [1.29, 1.82) is 0 Å². The van der Waals surface area contributed by atoms with Crippen LogP contribution in [0.15, 0.2) is 48.5 Å². The maximum Gasteiger partial charge on any atom is 0.257 e. The van der Waals surface area contributed by atoms with Crippen molar-refractivity contribution in [2.24, 2.45) is 11.7 Å². The Kier molecular flexibility index (Phi) is 6.91. The minimum atomic E-state index is -0.815. The van der Waals surface area contributed by atoms with E-state index in [9.17, 15) is 14.7 Å². The van der Waals surface area contributed by atoms with Gasteiger partial charge in [-0.25, -0.2) is 0 Å². The second-order valence-corrected chi connectivity index (χ2v) is 6.90. The van der Waals surface area contributed by atoms with Gasteiger partial charge >= 0.3 is 0 Å². The van der Waals surface area contributed by atoms with Crippen LogP contribution in [0.2, 0.25) is 5.02 Å². The number of amides is 2. The molecular weight excluding hydrogens is 352 g/mol. The average Bonchev–Trinajstić information content (AvgIpc) is 2.60. The van der Waals surface area contributed by atoms with Gasteiger partial charge in [0.05, 0.1) is 6.10 Å². The largest absolute Gasteiger partial charge is 0.387 e. The van der Waals surface area contributed by atoms with Gasteiger partial charge in [0.25, 0.3) is 5.91 Å². The van der Waals surface area contributed by atoms with Crippen molar-refractivity contribution >= 4 is 23.4 Å². The number of nitrogens with one attached hydrogen (secondary N) is 1. The van der Waals surface area contributed by atoms with Crippen LogP contribution in [-0.4, -0.2) is 23.0 Å². The molecule has 1 unspecified atom stereocenters. The van der Waals surface area contributed by atoms with Crippen LogP contribution in [0.25, 0.3) is 0 Å². The van der Waals surface area contributed by atoms with Crippen LogP contribution < -0.4 is 11.1 Å². The molecule has 2 aromatic rings. The highest BCUT2D eigenvalue weighted by Crippen LogP contribution is 2.25. The van der Waals surface area contributed by atoms with Crippen molar-refractivity contribution in [1.82, 2.24) is 5.32 Å². The fourth-order valence-corrected chi connectivity index (χ4v) is 2.95. The van der Waals surface area contributed by atoms with Crippen LogP contribution in [0.3, 0.4) is 0 Å². The summed E-state index contributed by atoms with van der Waals surface area (Å²) in [6.07, 6.45) is -0.169. The van der Waals surface area contributed by atoms with Gasteiger partial charge in [0, 0.05) is 23.6 Å². The number of carbonyl (C=O) groups is 2. The molecule has 3 atom stereocenters. The van der Waals surface area contributed by atoms with E-state index in [1.54, 1.807) is 36.4 Å². The maximum atomic E-state index is 11.8. The standard InChI is InChI=1S/C20H23ClN2O3/c1-12(18(22)19(25)16-4-3-5-17(21)11-16)10-14-6-8-15(9-7-14)20(26)23-13(2)24/h3-9,11-12,18-19,25H,10,22H2,1-2H3,(H,23,24,26)/t12?,18-,19-/m1/s1. The molecule has 0 bridgehead atoms. The van der Waals surface area contributed by atoms with Gasteiger partial charge in [0.2, 0.25) is 5.91 Å². The molecule has 2 amide bonds. The molecule has 0 radical (unpaired) electrons. The molecule has 2 rings (SSSR count). The lowest BCUT2D eigenvalue weighted by molar-refractivity contribution is -0.118. The smallest absolute Gasteiger partial charge is 0.257 e. The molecule has 0 aliphatic carbocycles. The Morgan fingerprint density at radius 3 is 2.42 bits per heavy atom. The molecule has 0 fully saturated rings. The van der Waals surface area contributed by atoms with Gasteiger partial charge < -0.3 is 10.8 Å². The Hall–Kier alpha value is -2.21. The van der Waals surface area contributed by atoms with E-state index in [-0.39, 0.29) is 5.92 Å². The molecule has 5 nitrogen and oxygen atoms in total. The zero-order valence-electron chi connectivity index (χ0n) is 14.8. The van der Waals surface area contributed by atoms with Gasteiger partial charge in [-0.1, -0.05) is 42.8 Å². The van der Waals surface area contributed by atoms with E-state index in [4.69, 9.17) is 17.3 Å². The predicted octanol–water partition coefficient (Wildman–Crippen LogP) is 2.86. The molecule has 0 aliphatic rings. The Bertz CT molecular complexity index is 777. The molecular formula is C20H23ClN2O3. The molecule has 0 heterocycles. The van der Waals surface area contributed by atoms with E-state index in [1.807, 2.05) is 19.1 Å². The number of rotatable bonds is 6. The number of carbonyl (C=O) groups excluding carboxylic acids is 2. The first-order valence-corrected chi connectivity index (χ1v) is 8.75. The highest BCUT2D eigenvalue weighted by atomic mass is 35.5.